The van der Waals surface area contributed by atoms with E-state index in [1.807, 2.05) is 0 Å². The molecule has 0 aromatic carbocycles. The summed E-state index contributed by atoms with van der Waals surface area (Å²) >= 11 is 0. The van der Waals surface area contributed by atoms with E-state index in [9.17, 15) is 0 Å². The largest absolute Gasteiger partial charge is 3.00 e. The predicted molar refractivity (Wildman–Crippen MR) is 55.0 cm³/mol. The molecule has 20 heavy (non-hydrogen) atoms. The fourth-order valence-corrected chi connectivity index (χ4v) is 0. The molecule has 0 aliphatic heterocycles. The number of hydrogen-bond acceptors (Lipinski definition) is 18. The molecule has 0 saturated carbocycles. The molecule has 0 N–H and O–H groups in total. The number of rotatable bonds is 0. The molecule has 18 nitrogen and oxygen atoms in total. The topological polar surface area (TPSA) is 315 Å². The smallest absolute Gasteiger partial charge is 0.444 e. The maximum atomic E-state index is 8.00. The van der Waals surface area contributed by atoms with Crippen molar-refractivity contribution in [2.75, 3.05) is 0 Å². The zero-order valence-corrected chi connectivity index (χ0v) is 12.0. The first kappa shape index (κ1) is 52.2. The summed E-state index contributed by atoms with van der Waals surface area (Å²) in [6.07, 6.45) is 0. The summed E-state index contributed by atoms with van der Waals surface area (Å²) in [6, 6.07) is 0. The molecule has 0 atom stereocenters. The Morgan fingerprint density at radius 3 is 0.400 bits per heavy atom. The van der Waals surface area contributed by atoms with E-state index in [2.05, 4.69) is 0 Å². The Balaban J connectivity index is -0.0000000141. The summed E-state index contributed by atoms with van der Waals surface area (Å²) in [4.78, 5) is 48.0. The summed E-state index contributed by atoms with van der Waals surface area (Å²) in [5.74, 6) is 0. The van der Waals surface area contributed by atoms with Crippen LogP contribution in [0.15, 0.2) is 32.0 Å². The molecule has 0 unspecified atom stereocenters. The molecular weight excluding hydrogens is 358 g/mol. The summed E-state index contributed by atoms with van der Waals surface area (Å²) in [5, 5.41) is 54.0. The predicted octanol–water partition coefficient (Wildman–Crippen LogP) is -1.49. The fourth-order valence-electron chi connectivity index (χ4n) is 0. The van der Waals surface area contributed by atoms with Gasteiger partial charge in [0.25, 0.3) is 0 Å². The van der Waals surface area contributed by atoms with Crippen molar-refractivity contribution in [1.29, 1.82) is 0 Å². The first-order valence-corrected chi connectivity index (χ1v) is 2.19. The van der Waals surface area contributed by atoms with Gasteiger partial charge in [-0.15, -0.1) is 32.0 Å². The Bertz CT molecular complexity index is 119. The molecule has 0 radical (unpaired) electrons. The summed E-state index contributed by atoms with van der Waals surface area (Å²) in [5.41, 5.74) is 0. The zero-order chi connectivity index (χ0) is 16.2. The normalized spacial score (nSPS) is 3.60. The van der Waals surface area contributed by atoms with Crippen molar-refractivity contribution < 1.29 is 46.3 Å². The van der Waals surface area contributed by atoms with E-state index in [-0.39, 0.29) is 46.3 Å². The molecule has 0 amide bonds. The average Bonchev–Trinajstić information content (AvgIpc) is 2.23. The Labute approximate surface area is 139 Å². The van der Waals surface area contributed by atoms with Gasteiger partial charge in [0.1, 0.15) is 0 Å². The van der Waals surface area contributed by atoms with Crippen molar-refractivity contribution in [2.45, 2.75) is 0 Å². The standard InChI is InChI=1S/Co.6HNO2.Na/c;6*2-1-3;/h;6*(H,2,3);/q+3;;;;;;;+1/p-6. The molecule has 0 aliphatic rings. The van der Waals surface area contributed by atoms with Gasteiger partial charge in [-0.3, -0.25) is 0 Å². The van der Waals surface area contributed by atoms with Crippen LogP contribution < -0.4 is 29.6 Å². The minimum atomic E-state index is 0. The summed E-state index contributed by atoms with van der Waals surface area (Å²) in [7, 11) is 0. The van der Waals surface area contributed by atoms with E-state index >= 15 is 0 Å². The first-order valence-electron chi connectivity index (χ1n) is 2.19. The Morgan fingerprint density at radius 2 is 0.400 bits per heavy atom. The van der Waals surface area contributed by atoms with Crippen LogP contribution in [0, 0.1) is 60.7 Å². The minimum Gasteiger partial charge on any atom is -0.444 e. The molecule has 0 rings (SSSR count). The van der Waals surface area contributed by atoms with Crippen molar-refractivity contribution in [3.63, 3.8) is 0 Å². The number of hydrogen-bond donors (Lipinski definition) is 0. The fraction of sp³-hybridized carbons (Fsp3) is 0. The molecule has 114 valence electrons. The molecule has 0 bridgehead atoms. The van der Waals surface area contributed by atoms with Gasteiger partial charge in [0.15, 0.2) is 0 Å². The van der Waals surface area contributed by atoms with Crippen molar-refractivity contribution >= 4 is 0 Å². The van der Waals surface area contributed by atoms with Gasteiger partial charge in [-0.1, -0.05) is 0 Å². The van der Waals surface area contributed by atoms with Crippen LogP contribution in [-0.2, 0) is 16.8 Å². The van der Waals surface area contributed by atoms with Crippen LogP contribution >= 0.6 is 0 Å². The van der Waals surface area contributed by atoms with Crippen molar-refractivity contribution in [3.8, 4) is 0 Å². The first-order chi connectivity index (χ1) is 8.49. The van der Waals surface area contributed by atoms with Gasteiger partial charge in [0.05, 0.1) is 0 Å². The van der Waals surface area contributed by atoms with Crippen LogP contribution in [0.5, 0.6) is 0 Å². The minimum absolute atomic E-state index is 0. The maximum absolute atomic E-state index is 8.00. The van der Waals surface area contributed by atoms with Gasteiger partial charge in [-0.25, -0.2) is 0 Å². The van der Waals surface area contributed by atoms with Crippen molar-refractivity contribution in [1.82, 2.24) is 0 Å². The van der Waals surface area contributed by atoms with Gasteiger partial charge < -0.3 is 60.7 Å². The molecule has 0 spiro atoms. The second-order valence-electron chi connectivity index (χ2n) is 0.447. The van der Waals surface area contributed by atoms with Crippen LogP contribution in [-0.4, -0.2) is 0 Å². The molecule has 0 aliphatic carbocycles. The Kier molecular flexibility index (Phi) is 731. The van der Waals surface area contributed by atoms with E-state index in [1.54, 1.807) is 0 Å². The van der Waals surface area contributed by atoms with Gasteiger partial charge in [0, 0.05) is 0 Å². The van der Waals surface area contributed by atoms with E-state index in [4.69, 9.17) is 60.7 Å². The van der Waals surface area contributed by atoms with E-state index in [0.29, 0.717) is 0 Å². The van der Waals surface area contributed by atoms with Crippen LogP contribution in [0.25, 0.3) is 0 Å². The van der Waals surface area contributed by atoms with Crippen LogP contribution in [0.2, 0.25) is 0 Å². The third kappa shape index (κ3) is 806. The molecule has 0 fully saturated rings. The summed E-state index contributed by atoms with van der Waals surface area (Å²) in [6.45, 7) is 0. The van der Waals surface area contributed by atoms with E-state index in [0.717, 1.165) is 32.0 Å². The molecular formula is CoN6NaO12-2. The third-order valence-electron chi connectivity index (χ3n) is 0. The number of nitrogens with zero attached hydrogens (tertiary/aromatic N) is 6. The van der Waals surface area contributed by atoms with Gasteiger partial charge in [0.2, 0.25) is 0 Å². The van der Waals surface area contributed by atoms with Crippen molar-refractivity contribution in [2.24, 2.45) is 32.0 Å². The maximum Gasteiger partial charge on any atom is 3.00 e. The molecule has 0 aromatic rings. The van der Waals surface area contributed by atoms with Crippen LogP contribution in [0.1, 0.15) is 0 Å². The molecule has 20 heteroatoms. The molecule has 0 aromatic heterocycles. The van der Waals surface area contributed by atoms with E-state index in [1.165, 1.54) is 0 Å². The van der Waals surface area contributed by atoms with Gasteiger partial charge >= 0.3 is 46.3 Å². The molecule has 0 heterocycles. The SMILES string of the molecule is O=N[O-].O=N[O-].O=N[O-].O=N[O-].O=N[O-].O=N[O-].[Co+3].[Na+]. The van der Waals surface area contributed by atoms with Gasteiger partial charge in [-0.05, 0) is 0 Å². The van der Waals surface area contributed by atoms with Gasteiger partial charge in [-0.2, -0.15) is 0 Å². The van der Waals surface area contributed by atoms with E-state index < -0.39 is 0 Å². The third-order valence-corrected chi connectivity index (χ3v) is 0. The second kappa shape index (κ2) is 280. The Hall–Kier alpha value is -2.09. The average molecular weight is 358 g/mol. The monoisotopic (exact) mass is 358 g/mol. The zero-order valence-electron chi connectivity index (χ0n) is 8.92. The van der Waals surface area contributed by atoms with Crippen molar-refractivity contribution in [3.05, 3.63) is 60.7 Å². The Morgan fingerprint density at radius 1 is 0.400 bits per heavy atom. The van der Waals surface area contributed by atoms with Crippen LogP contribution in [0.3, 0.4) is 0 Å². The molecule has 0 saturated heterocycles. The second-order valence-corrected chi connectivity index (χ2v) is 0.447. The van der Waals surface area contributed by atoms with Crippen LogP contribution in [0.4, 0.5) is 0 Å². The summed E-state index contributed by atoms with van der Waals surface area (Å²) < 4.78 is 0. The quantitative estimate of drug-likeness (QED) is 0.271.